The lowest BCUT2D eigenvalue weighted by atomic mass is 10.3. The van der Waals surface area contributed by atoms with Crippen LogP contribution in [0.5, 0.6) is 0 Å². The first-order valence-corrected chi connectivity index (χ1v) is 7.23. The standard InChI is InChI=1S/C11H14F2N2O3S/c12-8-1-2-10(13)11(5-8)19(16,17)15-6-9-7-18-4-3-14-9/h1-2,5,9,14-15H,3-4,6-7H2. The van der Waals surface area contributed by atoms with Gasteiger partial charge in [-0.05, 0) is 18.2 Å². The third-order valence-corrected chi connectivity index (χ3v) is 4.14. The number of hydrogen-bond donors (Lipinski definition) is 2. The molecule has 1 unspecified atom stereocenters. The first-order valence-electron chi connectivity index (χ1n) is 5.75. The highest BCUT2D eigenvalue weighted by Gasteiger charge is 2.22. The zero-order valence-electron chi connectivity index (χ0n) is 10.0. The van der Waals surface area contributed by atoms with Crippen LogP contribution in [0.15, 0.2) is 23.1 Å². The van der Waals surface area contributed by atoms with Crippen molar-refractivity contribution in [3.63, 3.8) is 0 Å². The number of halogens is 2. The van der Waals surface area contributed by atoms with Crippen molar-refractivity contribution in [2.75, 3.05) is 26.3 Å². The molecular formula is C11H14F2N2O3S. The molecule has 0 bridgehead atoms. The minimum atomic E-state index is -4.07. The summed E-state index contributed by atoms with van der Waals surface area (Å²) < 4.78 is 57.5. The first-order chi connectivity index (χ1) is 8.99. The van der Waals surface area contributed by atoms with Crippen molar-refractivity contribution in [3.05, 3.63) is 29.8 Å². The lowest BCUT2D eigenvalue weighted by molar-refractivity contribution is 0.0784. The van der Waals surface area contributed by atoms with E-state index >= 15 is 0 Å². The van der Waals surface area contributed by atoms with Gasteiger partial charge in [-0.2, -0.15) is 0 Å². The maximum atomic E-state index is 13.4. The summed E-state index contributed by atoms with van der Waals surface area (Å²) >= 11 is 0. The van der Waals surface area contributed by atoms with Crippen LogP contribution in [0.1, 0.15) is 0 Å². The summed E-state index contributed by atoms with van der Waals surface area (Å²) in [6.45, 7) is 1.62. The van der Waals surface area contributed by atoms with Crippen LogP contribution in [0.25, 0.3) is 0 Å². The highest BCUT2D eigenvalue weighted by Crippen LogP contribution is 2.15. The summed E-state index contributed by atoms with van der Waals surface area (Å²) in [4.78, 5) is -0.691. The van der Waals surface area contributed by atoms with Gasteiger partial charge in [0, 0.05) is 19.1 Å². The molecule has 19 heavy (non-hydrogen) atoms. The van der Waals surface area contributed by atoms with E-state index in [9.17, 15) is 17.2 Å². The topological polar surface area (TPSA) is 67.4 Å². The Morgan fingerprint density at radius 1 is 1.42 bits per heavy atom. The fourth-order valence-electron chi connectivity index (χ4n) is 1.72. The van der Waals surface area contributed by atoms with E-state index in [1.807, 2.05) is 0 Å². The zero-order valence-corrected chi connectivity index (χ0v) is 10.8. The third-order valence-electron chi connectivity index (χ3n) is 2.70. The Labute approximate surface area is 110 Å². The van der Waals surface area contributed by atoms with Crippen LogP contribution >= 0.6 is 0 Å². The van der Waals surface area contributed by atoms with Crippen molar-refractivity contribution >= 4 is 10.0 Å². The molecule has 1 aromatic carbocycles. The maximum Gasteiger partial charge on any atom is 0.243 e. The average molecular weight is 292 g/mol. The second-order valence-corrected chi connectivity index (χ2v) is 5.89. The van der Waals surface area contributed by atoms with E-state index in [0.29, 0.717) is 25.8 Å². The molecule has 8 heteroatoms. The number of morpholine rings is 1. The van der Waals surface area contributed by atoms with E-state index < -0.39 is 26.6 Å². The molecule has 2 rings (SSSR count). The largest absolute Gasteiger partial charge is 0.378 e. The fourth-order valence-corrected chi connectivity index (χ4v) is 2.89. The van der Waals surface area contributed by atoms with Crippen molar-refractivity contribution in [1.82, 2.24) is 10.0 Å². The lowest BCUT2D eigenvalue weighted by Crippen LogP contribution is -2.48. The van der Waals surface area contributed by atoms with Crippen LogP contribution in [0.3, 0.4) is 0 Å². The Hall–Kier alpha value is -1.09. The summed E-state index contributed by atoms with van der Waals surface area (Å²) in [6, 6.07) is 2.12. The molecule has 1 aliphatic heterocycles. The van der Waals surface area contributed by atoms with Gasteiger partial charge in [-0.25, -0.2) is 21.9 Å². The molecule has 5 nitrogen and oxygen atoms in total. The summed E-state index contributed by atoms with van der Waals surface area (Å²) in [6.07, 6.45) is 0. The normalized spacial score (nSPS) is 20.4. The molecule has 0 radical (unpaired) electrons. The highest BCUT2D eigenvalue weighted by atomic mass is 32.2. The number of hydrogen-bond acceptors (Lipinski definition) is 4. The van der Waals surface area contributed by atoms with Crippen LogP contribution in [0.4, 0.5) is 8.78 Å². The van der Waals surface area contributed by atoms with Gasteiger partial charge in [-0.15, -0.1) is 0 Å². The molecule has 1 heterocycles. The van der Waals surface area contributed by atoms with Crippen molar-refractivity contribution in [1.29, 1.82) is 0 Å². The molecule has 0 saturated carbocycles. The molecule has 1 aromatic rings. The van der Waals surface area contributed by atoms with E-state index in [1.54, 1.807) is 0 Å². The van der Waals surface area contributed by atoms with Gasteiger partial charge < -0.3 is 10.1 Å². The van der Waals surface area contributed by atoms with E-state index in [2.05, 4.69) is 10.0 Å². The minimum absolute atomic E-state index is 0.0539. The van der Waals surface area contributed by atoms with Gasteiger partial charge in [0.25, 0.3) is 0 Å². The highest BCUT2D eigenvalue weighted by molar-refractivity contribution is 7.89. The Morgan fingerprint density at radius 3 is 2.89 bits per heavy atom. The Balaban J connectivity index is 2.07. The summed E-state index contributed by atoms with van der Waals surface area (Å²) in [7, 11) is -4.07. The number of benzene rings is 1. The second kappa shape index (κ2) is 5.91. The fraction of sp³-hybridized carbons (Fsp3) is 0.455. The minimum Gasteiger partial charge on any atom is -0.378 e. The van der Waals surface area contributed by atoms with E-state index in [1.165, 1.54) is 0 Å². The number of nitrogens with one attached hydrogen (secondary N) is 2. The predicted octanol–water partition coefficient (Wildman–Crippen LogP) is 0.232. The smallest absolute Gasteiger partial charge is 0.243 e. The van der Waals surface area contributed by atoms with Crippen LogP contribution in [-0.2, 0) is 14.8 Å². The second-order valence-electron chi connectivity index (χ2n) is 4.15. The SMILES string of the molecule is O=S(=O)(NCC1COCCN1)c1cc(F)ccc1F. The van der Waals surface area contributed by atoms with Crippen LogP contribution < -0.4 is 10.0 Å². The number of rotatable bonds is 4. The number of ether oxygens (including phenoxy) is 1. The molecule has 1 fully saturated rings. The van der Waals surface area contributed by atoms with Gasteiger partial charge >= 0.3 is 0 Å². The molecule has 2 N–H and O–H groups in total. The molecule has 1 saturated heterocycles. The summed E-state index contributed by atoms with van der Waals surface area (Å²) in [5.41, 5.74) is 0. The van der Waals surface area contributed by atoms with Crippen LogP contribution in [-0.4, -0.2) is 40.8 Å². The predicted molar refractivity (Wildman–Crippen MR) is 64.2 cm³/mol. The average Bonchev–Trinajstić information content (AvgIpc) is 2.40. The molecule has 106 valence electrons. The molecule has 1 atom stereocenters. The third kappa shape index (κ3) is 3.69. The molecule has 0 spiro atoms. The van der Waals surface area contributed by atoms with Crippen molar-refractivity contribution < 1.29 is 21.9 Å². The lowest BCUT2D eigenvalue weighted by Gasteiger charge is -2.23. The molecule has 0 amide bonds. The van der Waals surface area contributed by atoms with Gasteiger partial charge in [0.05, 0.1) is 13.2 Å². The molecule has 1 aliphatic rings. The van der Waals surface area contributed by atoms with E-state index in [-0.39, 0.29) is 12.6 Å². The van der Waals surface area contributed by atoms with Crippen molar-refractivity contribution in [2.45, 2.75) is 10.9 Å². The van der Waals surface area contributed by atoms with Gasteiger partial charge in [0.1, 0.15) is 16.5 Å². The Morgan fingerprint density at radius 2 is 2.21 bits per heavy atom. The summed E-state index contributed by atoms with van der Waals surface area (Å²) in [5.74, 6) is -1.79. The van der Waals surface area contributed by atoms with E-state index in [4.69, 9.17) is 4.74 Å². The quantitative estimate of drug-likeness (QED) is 0.834. The first kappa shape index (κ1) is 14.3. The monoisotopic (exact) mass is 292 g/mol. The van der Waals surface area contributed by atoms with Gasteiger partial charge in [0.2, 0.25) is 10.0 Å². The molecule has 0 aliphatic carbocycles. The van der Waals surface area contributed by atoms with E-state index in [0.717, 1.165) is 12.1 Å². The Kier molecular flexibility index (Phi) is 4.46. The zero-order chi connectivity index (χ0) is 13.9. The van der Waals surface area contributed by atoms with Gasteiger partial charge in [-0.3, -0.25) is 0 Å². The molecule has 0 aromatic heterocycles. The van der Waals surface area contributed by atoms with Crippen molar-refractivity contribution in [2.24, 2.45) is 0 Å². The summed E-state index contributed by atoms with van der Waals surface area (Å²) in [5, 5.41) is 3.05. The van der Waals surface area contributed by atoms with Gasteiger partial charge in [0.15, 0.2) is 0 Å². The van der Waals surface area contributed by atoms with Crippen molar-refractivity contribution in [3.8, 4) is 0 Å². The number of sulfonamides is 1. The van der Waals surface area contributed by atoms with Crippen LogP contribution in [0, 0.1) is 11.6 Å². The Bertz CT molecular complexity index is 545. The van der Waals surface area contributed by atoms with Gasteiger partial charge in [-0.1, -0.05) is 0 Å². The maximum absolute atomic E-state index is 13.4. The molecular weight excluding hydrogens is 278 g/mol. The van der Waals surface area contributed by atoms with Crippen LogP contribution in [0.2, 0.25) is 0 Å².